The molecule has 3 nitrogen and oxygen atoms in total. The second kappa shape index (κ2) is 12.8. The van der Waals surface area contributed by atoms with E-state index < -0.39 is 0 Å². The second-order valence-electron chi connectivity index (χ2n) is 10.6. The zero-order valence-corrected chi connectivity index (χ0v) is 23.4. The molecule has 1 saturated heterocycles. The van der Waals surface area contributed by atoms with Crippen LogP contribution in [0, 0.1) is 5.82 Å². The molecular weight excluding hydrogens is 519 g/mol. The Hall–Kier alpha value is -4.80. The van der Waals surface area contributed by atoms with Crippen molar-refractivity contribution in [1.29, 1.82) is 0 Å². The van der Waals surface area contributed by atoms with E-state index in [0.717, 1.165) is 35.3 Å². The summed E-state index contributed by atoms with van der Waals surface area (Å²) in [7, 11) is 0. The number of benzene rings is 5. The molecule has 5 aromatic rings. The summed E-state index contributed by atoms with van der Waals surface area (Å²) >= 11 is 0. The van der Waals surface area contributed by atoms with Crippen LogP contribution in [0.1, 0.15) is 28.3 Å². The van der Waals surface area contributed by atoms with Crippen LogP contribution in [0.5, 0.6) is 0 Å². The predicted molar refractivity (Wildman–Crippen MR) is 169 cm³/mol. The fourth-order valence-electron chi connectivity index (χ4n) is 5.71. The van der Waals surface area contributed by atoms with Gasteiger partial charge in [-0.3, -0.25) is 9.69 Å². The quantitative estimate of drug-likeness (QED) is 0.151. The normalized spacial score (nSPS) is 14.2. The number of halogens is 1. The van der Waals surface area contributed by atoms with Crippen molar-refractivity contribution in [3.8, 4) is 11.1 Å². The Balaban J connectivity index is 1.25. The lowest BCUT2D eigenvalue weighted by molar-refractivity contribution is -0.126. The van der Waals surface area contributed by atoms with Gasteiger partial charge in [0.15, 0.2) is 0 Å². The third kappa shape index (κ3) is 6.24. The molecule has 1 heterocycles. The average Bonchev–Trinajstić information content (AvgIpc) is 3.06. The summed E-state index contributed by atoms with van der Waals surface area (Å²) in [5.41, 5.74) is 6.96. The first kappa shape index (κ1) is 27.4. The smallest absolute Gasteiger partial charge is 0.254 e. The maximum absolute atomic E-state index is 14.1. The average molecular weight is 553 g/mol. The van der Waals surface area contributed by atoms with Gasteiger partial charge in [0.1, 0.15) is 5.82 Å². The lowest BCUT2D eigenvalue weighted by Gasteiger charge is -2.40. The maximum Gasteiger partial charge on any atom is 0.254 e. The summed E-state index contributed by atoms with van der Waals surface area (Å²) in [6, 6.07) is 45.9. The van der Waals surface area contributed by atoms with Crippen LogP contribution in [-0.2, 0) is 4.79 Å². The highest BCUT2D eigenvalue weighted by atomic mass is 19.1. The van der Waals surface area contributed by atoms with Crippen LogP contribution in [0.3, 0.4) is 0 Å². The van der Waals surface area contributed by atoms with Crippen molar-refractivity contribution in [2.75, 3.05) is 26.2 Å². The van der Waals surface area contributed by atoms with Gasteiger partial charge in [0.25, 0.3) is 5.91 Å². The van der Waals surface area contributed by atoms with Crippen LogP contribution in [0.15, 0.2) is 140 Å². The Kier molecular flexibility index (Phi) is 8.34. The molecule has 0 radical (unpaired) electrons. The van der Waals surface area contributed by atoms with Gasteiger partial charge in [0.05, 0.1) is 6.04 Å². The van der Waals surface area contributed by atoms with Crippen molar-refractivity contribution >= 4 is 17.6 Å². The van der Waals surface area contributed by atoms with Gasteiger partial charge in [-0.15, -0.1) is 0 Å². The number of carbonyl (C=O) groups excluding carboxylic acids is 1. The first-order valence-corrected chi connectivity index (χ1v) is 14.4. The van der Waals surface area contributed by atoms with Crippen molar-refractivity contribution in [2.24, 2.45) is 0 Å². The van der Waals surface area contributed by atoms with Gasteiger partial charge in [-0.05, 0) is 51.6 Å². The lowest BCUT2D eigenvalue weighted by atomic mass is 9.96. The molecule has 0 bridgehead atoms. The van der Waals surface area contributed by atoms with Crippen LogP contribution < -0.4 is 0 Å². The zero-order chi connectivity index (χ0) is 28.7. The minimum absolute atomic E-state index is 0.0117. The summed E-state index contributed by atoms with van der Waals surface area (Å²) in [5.74, 6) is -0.308. The van der Waals surface area contributed by atoms with Gasteiger partial charge < -0.3 is 4.90 Å². The molecule has 0 N–H and O–H groups in total. The topological polar surface area (TPSA) is 23.6 Å². The number of rotatable bonds is 7. The van der Waals surface area contributed by atoms with Crippen molar-refractivity contribution in [3.63, 3.8) is 0 Å². The molecule has 0 atom stereocenters. The number of hydrogen-bond acceptors (Lipinski definition) is 2. The van der Waals surface area contributed by atoms with E-state index in [-0.39, 0.29) is 17.8 Å². The van der Waals surface area contributed by atoms with Crippen molar-refractivity contribution in [2.45, 2.75) is 6.04 Å². The van der Waals surface area contributed by atoms with E-state index in [2.05, 4.69) is 77.7 Å². The molecule has 1 amide bonds. The van der Waals surface area contributed by atoms with E-state index >= 15 is 0 Å². The number of hydrogen-bond donors (Lipinski definition) is 0. The molecule has 1 fully saturated rings. The Morgan fingerprint density at radius 1 is 0.595 bits per heavy atom. The van der Waals surface area contributed by atoms with Gasteiger partial charge in [0.2, 0.25) is 0 Å². The second-order valence-corrected chi connectivity index (χ2v) is 10.6. The molecule has 0 aliphatic carbocycles. The molecule has 0 unspecified atom stereocenters. The zero-order valence-electron chi connectivity index (χ0n) is 23.4. The predicted octanol–water partition coefficient (Wildman–Crippen LogP) is 7.97. The fraction of sp³-hybridized carbons (Fsp3) is 0.132. The minimum atomic E-state index is -0.297. The number of amides is 1. The molecule has 5 aromatic carbocycles. The van der Waals surface area contributed by atoms with Crippen LogP contribution in [0.2, 0.25) is 0 Å². The van der Waals surface area contributed by atoms with Crippen LogP contribution >= 0.6 is 0 Å². The summed E-state index contributed by atoms with van der Waals surface area (Å²) in [5, 5.41) is 0. The molecule has 6 rings (SSSR count). The number of piperazine rings is 1. The van der Waals surface area contributed by atoms with E-state index in [4.69, 9.17) is 0 Å². The first-order valence-electron chi connectivity index (χ1n) is 14.4. The number of nitrogens with zero attached hydrogens (tertiary/aromatic N) is 2. The standard InChI is InChI=1S/C38H33FN2O/c39-35-22-16-29(17-23-35)28-36(32-20-18-31(19-21-32)30-10-4-1-5-11-30)38(42)41-26-24-40(25-27-41)37(33-12-6-2-7-13-33)34-14-8-3-9-15-34/h1-23,28,37H,24-27H2/b36-28+. The minimum Gasteiger partial charge on any atom is -0.336 e. The van der Waals surface area contributed by atoms with E-state index in [0.29, 0.717) is 18.7 Å². The van der Waals surface area contributed by atoms with E-state index in [9.17, 15) is 9.18 Å². The van der Waals surface area contributed by atoms with Gasteiger partial charge in [-0.2, -0.15) is 0 Å². The highest BCUT2D eigenvalue weighted by Crippen LogP contribution is 2.31. The van der Waals surface area contributed by atoms with E-state index in [1.165, 1.54) is 23.3 Å². The van der Waals surface area contributed by atoms with Crippen LogP contribution in [-0.4, -0.2) is 41.9 Å². The third-order valence-corrected chi connectivity index (χ3v) is 7.91. The molecule has 0 saturated carbocycles. The highest BCUT2D eigenvalue weighted by Gasteiger charge is 2.29. The van der Waals surface area contributed by atoms with Crippen LogP contribution in [0.4, 0.5) is 4.39 Å². The number of carbonyl (C=O) groups is 1. The molecule has 42 heavy (non-hydrogen) atoms. The Morgan fingerprint density at radius 3 is 1.64 bits per heavy atom. The van der Waals surface area contributed by atoms with Gasteiger partial charge in [-0.25, -0.2) is 4.39 Å². The van der Waals surface area contributed by atoms with E-state index in [1.807, 2.05) is 53.4 Å². The summed E-state index contributed by atoms with van der Waals surface area (Å²) in [6.45, 7) is 2.77. The van der Waals surface area contributed by atoms with Crippen molar-refractivity contribution < 1.29 is 9.18 Å². The summed E-state index contributed by atoms with van der Waals surface area (Å²) in [4.78, 5) is 18.5. The van der Waals surface area contributed by atoms with Crippen molar-refractivity contribution in [1.82, 2.24) is 9.80 Å². The largest absolute Gasteiger partial charge is 0.336 e. The SMILES string of the molecule is O=C(/C(=C/c1ccc(F)cc1)c1ccc(-c2ccccc2)cc1)N1CCN(C(c2ccccc2)c2ccccc2)CC1. The van der Waals surface area contributed by atoms with Crippen LogP contribution in [0.25, 0.3) is 22.8 Å². The first-order chi connectivity index (χ1) is 20.7. The molecule has 1 aliphatic heterocycles. The highest BCUT2D eigenvalue weighted by molar-refractivity contribution is 6.24. The maximum atomic E-state index is 14.1. The summed E-state index contributed by atoms with van der Waals surface area (Å²) in [6.07, 6.45) is 1.88. The molecule has 208 valence electrons. The van der Waals surface area contributed by atoms with Gasteiger partial charge in [0, 0.05) is 31.8 Å². The molecule has 1 aliphatic rings. The molecular formula is C38H33FN2O. The third-order valence-electron chi connectivity index (χ3n) is 7.91. The lowest BCUT2D eigenvalue weighted by Crippen LogP contribution is -2.50. The van der Waals surface area contributed by atoms with Crippen molar-refractivity contribution in [3.05, 3.63) is 168 Å². The molecule has 4 heteroatoms. The fourth-order valence-corrected chi connectivity index (χ4v) is 5.71. The molecule has 0 aromatic heterocycles. The Bertz CT molecular complexity index is 1590. The molecule has 0 spiro atoms. The van der Waals surface area contributed by atoms with E-state index in [1.54, 1.807) is 12.1 Å². The Labute approximate surface area is 247 Å². The van der Waals surface area contributed by atoms with Gasteiger partial charge >= 0.3 is 0 Å². The summed E-state index contributed by atoms with van der Waals surface area (Å²) < 4.78 is 13.6. The monoisotopic (exact) mass is 552 g/mol. The Morgan fingerprint density at radius 2 is 1.10 bits per heavy atom. The van der Waals surface area contributed by atoms with Gasteiger partial charge in [-0.1, -0.05) is 127 Å².